The molecule has 1 aromatic heterocycles. The quantitative estimate of drug-likeness (QED) is 0.626. The van der Waals surface area contributed by atoms with E-state index in [2.05, 4.69) is 4.98 Å². The number of pyridine rings is 1. The third kappa shape index (κ3) is 1.62. The maximum atomic E-state index is 5.48. The molecule has 2 heterocycles. The van der Waals surface area contributed by atoms with Gasteiger partial charge in [0.25, 0.3) is 0 Å². The van der Waals surface area contributed by atoms with Gasteiger partial charge in [-0.15, -0.1) is 0 Å². The summed E-state index contributed by atoms with van der Waals surface area (Å²) < 4.78 is 10.7. The van der Waals surface area contributed by atoms with Crippen LogP contribution < -0.4 is 0 Å². The van der Waals surface area contributed by atoms with Gasteiger partial charge in [-0.3, -0.25) is 4.98 Å². The molecule has 1 atom stereocenters. The lowest BCUT2D eigenvalue weighted by Gasteiger charge is -2.22. The number of nitrogens with zero attached hydrogens (tertiary/aromatic N) is 1. The Kier molecular flexibility index (Phi) is 2.34. The molecule has 0 aliphatic carbocycles. The van der Waals surface area contributed by atoms with E-state index >= 15 is 0 Å². The molecule has 0 N–H and O–H groups in total. The van der Waals surface area contributed by atoms with Crippen molar-refractivity contribution in [2.24, 2.45) is 0 Å². The highest BCUT2D eigenvalue weighted by Gasteiger charge is 2.16. The summed E-state index contributed by atoms with van der Waals surface area (Å²) in [5.41, 5.74) is 0.956. The number of ether oxygens (including phenoxy) is 2. The molecule has 1 saturated heterocycles. The van der Waals surface area contributed by atoms with E-state index < -0.39 is 0 Å². The number of aromatic nitrogens is 1. The summed E-state index contributed by atoms with van der Waals surface area (Å²) in [4.78, 5) is 4.20. The summed E-state index contributed by atoms with van der Waals surface area (Å²) in [5.74, 6) is 0. The van der Waals surface area contributed by atoms with E-state index in [0.717, 1.165) is 5.69 Å². The van der Waals surface area contributed by atoms with Gasteiger partial charge in [-0.25, -0.2) is 0 Å². The fraction of sp³-hybridized carbons (Fsp3) is 0.444. The van der Waals surface area contributed by atoms with E-state index in [9.17, 15) is 0 Å². The SMILES string of the molecule is c1ccc(C2COCCO2)nc1. The van der Waals surface area contributed by atoms with E-state index in [1.54, 1.807) is 6.20 Å². The van der Waals surface area contributed by atoms with Crippen molar-refractivity contribution in [2.45, 2.75) is 6.10 Å². The van der Waals surface area contributed by atoms with Crippen LogP contribution in [0.15, 0.2) is 24.4 Å². The predicted octanol–water partition coefficient (Wildman–Crippen LogP) is 1.17. The van der Waals surface area contributed by atoms with E-state index in [0.29, 0.717) is 19.8 Å². The maximum absolute atomic E-state index is 5.48. The highest BCUT2D eigenvalue weighted by atomic mass is 16.6. The van der Waals surface area contributed by atoms with Crippen LogP contribution in [0, 0.1) is 0 Å². The third-order valence-corrected chi connectivity index (χ3v) is 1.83. The monoisotopic (exact) mass is 165 g/mol. The molecule has 2 rings (SSSR count). The topological polar surface area (TPSA) is 31.4 Å². The van der Waals surface area contributed by atoms with Crippen LogP contribution in [0.2, 0.25) is 0 Å². The fourth-order valence-corrected chi connectivity index (χ4v) is 1.22. The molecule has 3 heteroatoms. The average Bonchev–Trinajstić information content (AvgIpc) is 2.21. The van der Waals surface area contributed by atoms with Gasteiger partial charge in [-0.1, -0.05) is 6.07 Å². The second kappa shape index (κ2) is 3.65. The van der Waals surface area contributed by atoms with Crippen LogP contribution in [-0.4, -0.2) is 24.8 Å². The Labute approximate surface area is 71.3 Å². The van der Waals surface area contributed by atoms with Crippen LogP contribution in [-0.2, 0) is 9.47 Å². The second-order valence-electron chi connectivity index (χ2n) is 2.69. The molecule has 0 radical (unpaired) electrons. The molecule has 0 spiro atoms. The highest BCUT2D eigenvalue weighted by Crippen LogP contribution is 2.17. The van der Waals surface area contributed by atoms with Crippen LogP contribution in [0.25, 0.3) is 0 Å². The summed E-state index contributed by atoms with van der Waals surface area (Å²) in [6.07, 6.45) is 1.80. The molecule has 0 bridgehead atoms. The first-order chi connectivity index (χ1) is 5.97. The lowest BCUT2D eigenvalue weighted by molar-refractivity contribution is -0.0917. The van der Waals surface area contributed by atoms with Gasteiger partial charge < -0.3 is 9.47 Å². The Morgan fingerprint density at radius 3 is 3.00 bits per heavy atom. The molecular formula is C9H11NO2. The van der Waals surface area contributed by atoms with Crippen LogP contribution in [0.1, 0.15) is 11.8 Å². The van der Waals surface area contributed by atoms with Gasteiger partial charge in [0.2, 0.25) is 0 Å². The normalized spacial score (nSPS) is 23.8. The zero-order chi connectivity index (χ0) is 8.23. The standard InChI is InChI=1S/C9H11NO2/c1-2-4-10-8(3-1)9-7-11-5-6-12-9/h1-4,9H,5-7H2. The molecule has 0 saturated carbocycles. The lowest BCUT2D eigenvalue weighted by Crippen LogP contribution is -2.22. The lowest BCUT2D eigenvalue weighted by atomic mass is 10.2. The third-order valence-electron chi connectivity index (χ3n) is 1.83. The molecule has 12 heavy (non-hydrogen) atoms. The Morgan fingerprint density at radius 2 is 2.33 bits per heavy atom. The minimum absolute atomic E-state index is 0.0277. The van der Waals surface area contributed by atoms with Gasteiger partial charge in [0, 0.05) is 6.20 Å². The van der Waals surface area contributed by atoms with Gasteiger partial charge in [0.15, 0.2) is 0 Å². The zero-order valence-electron chi connectivity index (χ0n) is 6.77. The Bertz CT molecular complexity index is 232. The first-order valence-corrected chi connectivity index (χ1v) is 4.07. The molecule has 1 fully saturated rings. The van der Waals surface area contributed by atoms with Crippen molar-refractivity contribution >= 4 is 0 Å². The second-order valence-corrected chi connectivity index (χ2v) is 2.69. The Balaban J connectivity index is 2.08. The van der Waals surface area contributed by atoms with Crippen LogP contribution in [0.4, 0.5) is 0 Å². The minimum Gasteiger partial charge on any atom is -0.376 e. The van der Waals surface area contributed by atoms with Crippen molar-refractivity contribution < 1.29 is 9.47 Å². The van der Waals surface area contributed by atoms with Crippen LogP contribution in [0.3, 0.4) is 0 Å². The van der Waals surface area contributed by atoms with Crippen LogP contribution >= 0.6 is 0 Å². The molecule has 1 aliphatic rings. The van der Waals surface area contributed by atoms with E-state index in [1.807, 2.05) is 18.2 Å². The molecule has 0 aromatic carbocycles. The molecule has 0 amide bonds. The smallest absolute Gasteiger partial charge is 0.123 e. The Hall–Kier alpha value is -0.930. The highest BCUT2D eigenvalue weighted by molar-refractivity contribution is 5.07. The zero-order valence-corrected chi connectivity index (χ0v) is 6.77. The predicted molar refractivity (Wildman–Crippen MR) is 43.7 cm³/mol. The summed E-state index contributed by atoms with van der Waals surface area (Å²) >= 11 is 0. The molecule has 1 unspecified atom stereocenters. The van der Waals surface area contributed by atoms with Gasteiger partial charge in [-0.2, -0.15) is 0 Å². The Morgan fingerprint density at radius 1 is 1.33 bits per heavy atom. The van der Waals surface area contributed by atoms with Gasteiger partial charge >= 0.3 is 0 Å². The largest absolute Gasteiger partial charge is 0.376 e. The first-order valence-electron chi connectivity index (χ1n) is 4.07. The molecule has 1 aromatic rings. The average molecular weight is 165 g/mol. The number of hydrogen-bond donors (Lipinski definition) is 0. The summed E-state index contributed by atoms with van der Waals surface area (Å²) in [7, 11) is 0. The molecular weight excluding hydrogens is 154 g/mol. The molecule has 64 valence electrons. The summed E-state index contributed by atoms with van der Waals surface area (Å²) in [6.45, 7) is 1.99. The summed E-state index contributed by atoms with van der Waals surface area (Å²) in [5, 5.41) is 0. The summed E-state index contributed by atoms with van der Waals surface area (Å²) in [6, 6.07) is 5.81. The van der Waals surface area contributed by atoms with Crippen molar-refractivity contribution in [3.05, 3.63) is 30.1 Å². The first kappa shape index (κ1) is 7.71. The van der Waals surface area contributed by atoms with E-state index in [-0.39, 0.29) is 6.10 Å². The minimum atomic E-state index is 0.0277. The van der Waals surface area contributed by atoms with Crippen molar-refractivity contribution in [3.63, 3.8) is 0 Å². The van der Waals surface area contributed by atoms with Crippen molar-refractivity contribution in [2.75, 3.05) is 19.8 Å². The van der Waals surface area contributed by atoms with Crippen molar-refractivity contribution in [1.29, 1.82) is 0 Å². The fourth-order valence-electron chi connectivity index (χ4n) is 1.22. The van der Waals surface area contributed by atoms with E-state index in [4.69, 9.17) is 9.47 Å². The number of hydrogen-bond acceptors (Lipinski definition) is 3. The maximum Gasteiger partial charge on any atom is 0.123 e. The van der Waals surface area contributed by atoms with E-state index in [1.165, 1.54) is 0 Å². The van der Waals surface area contributed by atoms with Crippen molar-refractivity contribution in [1.82, 2.24) is 4.98 Å². The van der Waals surface area contributed by atoms with Crippen molar-refractivity contribution in [3.8, 4) is 0 Å². The van der Waals surface area contributed by atoms with Gasteiger partial charge in [0.1, 0.15) is 6.10 Å². The molecule has 1 aliphatic heterocycles. The van der Waals surface area contributed by atoms with Gasteiger partial charge in [-0.05, 0) is 12.1 Å². The number of rotatable bonds is 1. The molecule has 3 nitrogen and oxygen atoms in total. The van der Waals surface area contributed by atoms with Crippen LogP contribution in [0.5, 0.6) is 0 Å². The van der Waals surface area contributed by atoms with Gasteiger partial charge in [0.05, 0.1) is 25.5 Å².